The van der Waals surface area contributed by atoms with E-state index < -0.39 is 0 Å². The van der Waals surface area contributed by atoms with Crippen molar-refractivity contribution in [3.8, 4) is 6.01 Å². The minimum atomic E-state index is 0.297. The molecule has 2 rings (SSSR count). The van der Waals surface area contributed by atoms with E-state index in [1.54, 1.807) is 13.2 Å². The summed E-state index contributed by atoms with van der Waals surface area (Å²) in [6, 6.07) is 6.03. The third kappa shape index (κ3) is 3.77. The molecule has 0 aliphatic rings. The normalized spacial score (nSPS) is 10.0. The molecule has 7 nitrogen and oxygen atoms in total. The molecule has 0 aliphatic carbocycles. The van der Waals surface area contributed by atoms with Crippen molar-refractivity contribution in [1.29, 1.82) is 0 Å². The van der Waals surface area contributed by atoms with Crippen molar-refractivity contribution in [3.05, 3.63) is 30.1 Å². The van der Waals surface area contributed by atoms with Crippen LogP contribution in [0.25, 0.3) is 0 Å². The van der Waals surface area contributed by atoms with E-state index in [2.05, 4.69) is 30.6 Å². The number of nitrogens with one attached hydrogen (secondary N) is 2. The number of nitrogens with zero attached hydrogens (tertiary/aromatic N) is 4. The van der Waals surface area contributed by atoms with Crippen molar-refractivity contribution in [1.82, 2.24) is 19.9 Å². The van der Waals surface area contributed by atoms with Crippen LogP contribution in [0.1, 0.15) is 12.6 Å². The maximum absolute atomic E-state index is 5.28. The maximum Gasteiger partial charge on any atom is 0.323 e. The van der Waals surface area contributed by atoms with Crippen molar-refractivity contribution < 1.29 is 4.74 Å². The summed E-state index contributed by atoms with van der Waals surface area (Å²) >= 11 is 0. The average Bonchev–Trinajstić information content (AvgIpc) is 2.46. The van der Waals surface area contributed by atoms with Crippen LogP contribution >= 0.6 is 0 Å². The molecule has 2 heterocycles. The van der Waals surface area contributed by atoms with E-state index in [1.165, 1.54) is 0 Å². The summed E-state index contributed by atoms with van der Waals surface area (Å²) in [6.45, 7) is 2.93. The number of aromatic nitrogens is 4. The molecular weight excluding hydrogens is 244 g/mol. The second-order valence-electron chi connectivity index (χ2n) is 3.62. The topological polar surface area (TPSA) is 84.9 Å². The Morgan fingerprint density at radius 1 is 1.16 bits per heavy atom. The highest BCUT2D eigenvalue weighted by Gasteiger charge is 2.06. The molecular formula is C12H16N6O. The van der Waals surface area contributed by atoms with Gasteiger partial charge in [-0.05, 0) is 19.1 Å². The Hall–Kier alpha value is -2.44. The summed E-state index contributed by atoms with van der Waals surface area (Å²) < 4.78 is 5.28. The Morgan fingerprint density at radius 3 is 2.68 bits per heavy atom. The van der Waals surface area contributed by atoms with Gasteiger partial charge in [-0.3, -0.25) is 4.98 Å². The molecule has 0 aliphatic heterocycles. The molecule has 2 aromatic rings. The average molecular weight is 260 g/mol. The Kier molecular flexibility index (Phi) is 4.44. The zero-order valence-electron chi connectivity index (χ0n) is 10.9. The Balaban J connectivity index is 2.08. The van der Waals surface area contributed by atoms with Gasteiger partial charge in [0.25, 0.3) is 0 Å². The lowest BCUT2D eigenvalue weighted by Gasteiger charge is -2.08. The van der Waals surface area contributed by atoms with Crippen LogP contribution in [0.4, 0.5) is 11.9 Å². The van der Waals surface area contributed by atoms with Gasteiger partial charge in [-0.25, -0.2) is 0 Å². The highest BCUT2D eigenvalue weighted by molar-refractivity contribution is 5.35. The number of pyridine rings is 1. The highest BCUT2D eigenvalue weighted by atomic mass is 16.5. The fraction of sp³-hybridized carbons (Fsp3) is 0.333. The van der Waals surface area contributed by atoms with E-state index in [4.69, 9.17) is 4.74 Å². The molecule has 2 aromatic heterocycles. The van der Waals surface area contributed by atoms with Crippen LogP contribution in [0.2, 0.25) is 0 Å². The van der Waals surface area contributed by atoms with Crippen LogP contribution in [0.5, 0.6) is 6.01 Å². The van der Waals surface area contributed by atoms with E-state index in [9.17, 15) is 0 Å². The lowest BCUT2D eigenvalue weighted by molar-refractivity contribution is 0.312. The zero-order chi connectivity index (χ0) is 13.5. The van der Waals surface area contributed by atoms with Gasteiger partial charge < -0.3 is 15.4 Å². The summed E-state index contributed by atoms with van der Waals surface area (Å²) in [7, 11) is 1.74. The predicted molar refractivity (Wildman–Crippen MR) is 72.1 cm³/mol. The molecule has 0 bridgehead atoms. The first-order chi connectivity index (χ1) is 9.31. The second-order valence-corrected chi connectivity index (χ2v) is 3.62. The van der Waals surface area contributed by atoms with E-state index in [0.717, 1.165) is 5.69 Å². The first-order valence-corrected chi connectivity index (χ1v) is 6.02. The first kappa shape index (κ1) is 13.0. The molecule has 0 saturated carbocycles. The van der Waals surface area contributed by atoms with Crippen molar-refractivity contribution in [2.24, 2.45) is 0 Å². The zero-order valence-corrected chi connectivity index (χ0v) is 10.9. The van der Waals surface area contributed by atoms with Crippen LogP contribution in [-0.4, -0.2) is 33.6 Å². The molecule has 19 heavy (non-hydrogen) atoms. The largest absolute Gasteiger partial charge is 0.464 e. The molecule has 100 valence electrons. The Morgan fingerprint density at radius 2 is 2.00 bits per heavy atom. The van der Waals surface area contributed by atoms with Crippen molar-refractivity contribution in [3.63, 3.8) is 0 Å². The van der Waals surface area contributed by atoms with E-state index in [1.807, 2.05) is 25.1 Å². The third-order valence-corrected chi connectivity index (χ3v) is 2.27. The lowest BCUT2D eigenvalue weighted by Crippen LogP contribution is -2.09. The van der Waals surface area contributed by atoms with Crippen molar-refractivity contribution >= 4 is 11.9 Å². The first-order valence-electron chi connectivity index (χ1n) is 6.02. The van der Waals surface area contributed by atoms with Crippen LogP contribution in [0, 0.1) is 0 Å². The van der Waals surface area contributed by atoms with Crippen LogP contribution in [0.15, 0.2) is 24.4 Å². The fourth-order valence-electron chi connectivity index (χ4n) is 1.41. The molecule has 0 spiro atoms. The number of hydrogen-bond donors (Lipinski definition) is 2. The van der Waals surface area contributed by atoms with Crippen LogP contribution in [0.3, 0.4) is 0 Å². The maximum atomic E-state index is 5.28. The molecule has 0 atom stereocenters. The van der Waals surface area contributed by atoms with Gasteiger partial charge in [0.15, 0.2) is 0 Å². The van der Waals surface area contributed by atoms with Gasteiger partial charge in [-0.2, -0.15) is 15.0 Å². The van der Waals surface area contributed by atoms with Gasteiger partial charge in [0.1, 0.15) is 0 Å². The number of anilines is 2. The SMILES string of the molecule is CCOc1nc(NC)nc(NCc2ccccn2)n1. The summed E-state index contributed by atoms with van der Waals surface area (Å²) in [5, 5.41) is 5.96. The number of ether oxygens (including phenoxy) is 1. The summed E-state index contributed by atoms with van der Waals surface area (Å²) in [5.74, 6) is 0.912. The third-order valence-electron chi connectivity index (χ3n) is 2.27. The van der Waals surface area contributed by atoms with Gasteiger partial charge in [-0.1, -0.05) is 6.07 Å². The van der Waals surface area contributed by atoms with Gasteiger partial charge in [-0.15, -0.1) is 0 Å². The molecule has 0 radical (unpaired) electrons. The smallest absolute Gasteiger partial charge is 0.323 e. The standard InChI is InChI=1S/C12H16N6O/c1-3-19-12-17-10(13-2)16-11(18-12)15-8-9-6-4-5-7-14-9/h4-7H,3,8H2,1-2H3,(H2,13,15,16,17,18). The molecule has 0 amide bonds. The number of hydrogen-bond acceptors (Lipinski definition) is 7. The minimum Gasteiger partial charge on any atom is -0.464 e. The van der Waals surface area contributed by atoms with E-state index in [-0.39, 0.29) is 0 Å². The van der Waals surface area contributed by atoms with Gasteiger partial charge >= 0.3 is 6.01 Å². The van der Waals surface area contributed by atoms with E-state index in [0.29, 0.717) is 31.1 Å². The van der Waals surface area contributed by atoms with Crippen molar-refractivity contribution in [2.45, 2.75) is 13.5 Å². The van der Waals surface area contributed by atoms with Crippen molar-refractivity contribution in [2.75, 3.05) is 24.3 Å². The summed E-state index contributed by atoms with van der Waals surface area (Å²) in [5.41, 5.74) is 0.909. The Labute approximate surface area is 111 Å². The monoisotopic (exact) mass is 260 g/mol. The number of rotatable bonds is 6. The predicted octanol–water partition coefficient (Wildman–Crippen LogP) is 1.32. The quantitative estimate of drug-likeness (QED) is 0.810. The van der Waals surface area contributed by atoms with Gasteiger partial charge in [0, 0.05) is 13.2 Å². The van der Waals surface area contributed by atoms with Gasteiger partial charge in [0.2, 0.25) is 11.9 Å². The van der Waals surface area contributed by atoms with Crippen LogP contribution in [-0.2, 0) is 6.54 Å². The molecule has 0 fully saturated rings. The minimum absolute atomic E-state index is 0.297. The molecule has 2 N–H and O–H groups in total. The second kappa shape index (κ2) is 6.48. The molecule has 0 aromatic carbocycles. The van der Waals surface area contributed by atoms with Gasteiger partial charge in [0.05, 0.1) is 18.8 Å². The van der Waals surface area contributed by atoms with Crippen LogP contribution < -0.4 is 15.4 Å². The fourth-order valence-corrected chi connectivity index (χ4v) is 1.41. The molecule has 0 unspecified atom stereocenters. The Bertz CT molecular complexity index is 519. The summed E-state index contributed by atoms with van der Waals surface area (Å²) in [6.07, 6.45) is 1.75. The summed E-state index contributed by atoms with van der Waals surface area (Å²) in [4.78, 5) is 16.7. The highest BCUT2D eigenvalue weighted by Crippen LogP contribution is 2.11. The van der Waals surface area contributed by atoms with E-state index >= 15 is 0 Å². The lowest BCUT2D eigenvalue weighted by atomic mass is 10.3. The molecule has 7 heteroatoms. The molecule has 0 saturated heterocycles.